The number of aliphatic hydroxyl groups excluding tert-OH is 2. The third-order valence-electron chi connectivity index (χ3n) is 2.30. The lowest BCUT2D eigenvalue weighted by atomic mass is 9.92. The number of thioether (sulfide) groups is 1. The molecule has 1 saturated heterocycles. The highest BCUT2D eigenvalue weighted by molar-refractivity contribution is 8.14. The molecule has 0 aromatic carbocycles. The van der Waals surface area contributed by atoms with Crippen LogP contribution in [-0.4, -0.2) is 39.1 Å². The molecule has 1 aliphatic heterocycles. The third-order valence-corrected chi connectivity index (χ3v) is 3.39. The number of ether oxygens (including phenoxy) is 1. The van der Waals surface area contributed by atoms with Gasteiger partial charge in [-0.25, -0.2) is 4.79 Å². The van der Waals surface area contributed by atoms with Crippen molar-refractivity contribution in [3.8, 4) is 0 Å². The molecule has 0 radical (unpaired) electrons. The van der Waals surface area contributed by atoms with Crippen molar-refractivity contribution in [1.29, 1.82) is 0 Å². The smallest absolute Gasteiger partial charge is 0.368 e. The quantitative estimate of drug-likeness (QED) is 0.531. The van der Waals surface area contributed by atoms with E-state index in [1.807, 2.05) is 0 Å². The van der Waals surface area contributed by atoms with Crippen LogP contribution >= 0.6 is 11.8 Å². The zero-order chi connectivity index (χ0) is 8.72. The summed E-state index contributed by atoms with van der Waals surface area (Å²) in [5.41, 5.74) is 0. The second kappa shape index (κ2) is 2.90. The Kier molecular flexibility index (Phi) is 2.02. The fourth-order valence-electron chi connectivity index (χ4n) is 1.62. The molecule has 4 atom stereocenters. The molecule has 1 saturated carbocycles. The van der Waals surface area contributed by atoms with Crippen LogP contribution < -0.4 is 0 Å². The molecule has 0 bridgehead atoms. The summed E-state index contributed by atoms with van der Waals surface area (Å²) in [6.45, 7) is 0. The van der Waals surface area contributed by atoms with Crippen LogP contribution in [0.2, 0.25) is 0 Å². The lowest BCUT2D eigenvalue weighted by Gasteiger charge is -2.30. The van der Waals surface area contributed by atoms with Crippen molar-refractivity contribution in [2.75, 3.05) is 0 Å². The van der Waals surface area contributed by atoms with Crippen LogP contribution in [0.25, 0.3) is 0 Å². The molecule has 4 unspecified atom stereocenters. The summed E-state index contributed by atoms with van der Waals surface area (Å²) in [4.78, 5) is 10.8. The predicted molar refractivity (Wildman–Crippen MR) is 42.9 cm³/mol. The molecule has 0 aromatic rings. The van der Waals surface area contributed by atoms with Gasteiger partial charge in [0.2, 0.25) is 0 Å². The molecule has 2 N–H and O–H groups in total. The molecule has 2 fully saturated rings. The topological polar surface area (TPSA) is 66.8 Å². The monoisotopic (exact) mass is 190 g/mol. The Morgan fingerprint density at radius 2 is 2.00 bits per heavy atom. The Bertz CT molecular complexity index is 188. The van der Waals surface area contributed by atoms with E-state index in [2.05, 4.69) is 0 Å². The van der Waals surface area contributed by atoms with Crippen molar-refractivity contribution in [3.63, 3.8) is 0 Å². The minimum Gasteiger partial charge on any atom is -0.453 e. The SMILES string of the molecule is O=C1OC2CC(O)C(O)CC2S1. The molecule has 2 rings (SSSR count). The highest BCUT2D eigenvalue weighted by Gasteiger charge is 2.43. The number of rotatable bonds is 0. The lowest BCUT2D eigenvalue weighted by molar-refractivity contribution is -0.0425. The van der Waals surface area contributed by atoms with Gasteiger partial charge >= 0.3 is 5.30 Å². The minimum absolute atomic E-state index is 0.0379. The first-order valence-corrected chi connectivity index (χ1v) is 4.78. The van der Waals surface area contributed by atoms with Crippen LogP contribution in [0.3, 0.4) is 0 Å². The Hall–Kier alpha value is -0.260. The maximum Gasteiger partial charge on any atom is 0.368 e. The summed E-state index contributed by atoms with van der Waals surface area (Å²) in [7, 11) is 0. The van der Waals surface area contributed by atoms with Crippen LogP contribution in [0.1, 0.15) is 12.8 Å². The van der Waals surface area contributed by atoms with E-state index in [0.717, 1.165) is 11.8 Å². The molecule has 1 aliphatic carbocycles. The normalized spacial score (nSPS) is 47.0. The van der Waals surface area contributed by atoms with Gasteiger partial charge in [-0.05, 0) is 18.2 Å². The van der Waals surface area contributed by atoms with Gasteiger partial charge in [-0.3, -0.25) is 0 Å². The largest absolute Gasteiger partial charge is 0.453 e. The summed E-state index contributed by atoms with van der Waals surface area (Å²) in [6, 6.07) is 0. The first-order chi connectivity index (χ1) is 5.66. The predicted octanol–water partition coefficient (Wildman–Crippen LogP) is 0.123. The average Bonchev–Trinajstić information content (AvgIpc) is 2.30. The summed E-state index contributed by atoms with van der Waals surface area (Å²) in [5, 5.41) is 18.3. The average molecular weight is 190 g/mol. The Morgan fingerprint density at radius 3 is 2.75 bits per heavy atom. The van der Waals surface area contributed by atoms with E-state index in [9.17, 15) is 15.0 Å². The van der Waals surface area contributed by atoms with Crippen LogP contribution in [-0.2, 0) is 4.74 Å². The molecule has 5 heteroatoms. The molecular weight excluding hydrogens is 180 g/mol. The third kappa shape index (κ3) is 1.32. The second-order valence-electron chi connectivity index (χ2n) is 3.17. The number of aliphatic hydroxyl groups is 2. The van der Waals surface area contributed by atoms with E-state index < -0.39 is 12.2 Å². The molecule has 12 heavy (non-hydrogen) atoms. The number of fused-ring (bicyclic) bond motifs is 1. The first kappa shape index (κ1) is 8.34. The zero-order valence-corrected chi connectivity index (χ0v) is 7.16. The summed E-state index contributed by atoms with van der Waals surface area (Å²) in [6.07, 6.45) is -0.820. The Balaban J connectivity index is 2.05. The fourth-order valence-corrected chi connectivity index (χ4v) is 2.65. The number of carbonyl (C=O) groups is 1. The molecule has 0 aromatic heterocycles. The maximum atomic E-state index is 10.8. The van der Waals surface area contributed by atoms with Gasteiger partial charge in [-0.1, -0.05) is 0 Å². The van der Waals surface area contributed by atoms with E-state index in [1.165, 1.54) is 0 Å². The first-order valence-electron chi connectivity index (χ1n) is 3.90. The molecule has 2 aliphatic rings. The van der Waals surface area contributed by atoms with E-state index in [0.29, 0.717) is 12.8 Å². The van der Waals surface area contributed by atoms with Gasteiger partial charge < -0.3 is 14.9 Å². The minimum atomic E-state index is -0.738. The molecule has 68 valence electrons. The van der Waals surface area contributed by atoms with Crippen molar-refractivity contribution in [2.24, 2.45) is 0 Å². The molecule has 4 nitrogen and oxygen atoms in total. The van der Waals surface area contributed by atoms with Crippen LogP contribution in [0.4, 0.5) is 4.79 Å². The molecule has 1 heterocycles. The van der Waals surface area contributed by atoms with Crippen molar-refractivity contribution in [2.45, 2.75) is 36.4 Å². The van der Waals surface area contributed by atoms with Crippen molar-refractivity contribution in [3.05, 3.63) is 0 Å². The van der Waals surface area contributed by atoms with Gasteiger partial charge in [0.15, 0.2) is 0 Å². The second-order valence-corrected chi connectivity index (χ2v) is 4.34. The molecule has 0 amide bonds. The van der Waals surface area contributed by atoms with Gasteiger partial charge in [0.05, 0.1) is 17.5 Å². The number of carbonyl (C=O) groups excluding carboxylic acids is 1. The standard InChI is InChI=1S/C7H10O4S/c8-3-1-5-6(2-4(3)9)12-7(10)11-5/h3-6,8-9H,1-2H2. The van der Waals surface area contributed by atoms with Crippen LogP contribution in [0.5, 0.6) is 0 Å². The summed E-state index contributed by atoms with van der Waals surface area (Å²) >= 11 is 1.12. The van der Waals surface area contributed by atoms with Gasteiger partial charge in [0, 0.05) is 6.42 Å². The molecular formula is C7H10O4S. The Morgan fingerprint density at radius 1 is 1.33 bits per heavy atom. The van der Waals surface area contributed by atoms with Gasteiger partial charge in [-0.15, -0.1) is 0 Å². The summed E-state index contributed by atoms with van der Waals surface area (Å²) < 4.78 is 4.94. The van der Waals surface area contributed by atoms with Crippen LogP contribution in [0, 0.1) is 0 Å². The summed E-state index contributed by atoms with van der Waals surface area (Å²) in [5.74, 6) is 0. The highest BCUT2D eigenvalue weighted by atomic mass is 32.2. The van der Waals surface area contributed by atoms with E-state index in [1.54, 1.807) is 0 Å². The Labute approximate surface area is 73.9 Å². The lowest BCUT2D eigenvalue weighted by Crippen LogP contribution is -2.41. The fraction of sp³-hybridized carbons (Fsp3) is 0.857. The molecule has 0 spiro atoms. The number of hydrogen-bond acceptors (Lipinski definition) is 5. The van der Waals surface area contributed by atoms with Crippen LogP contribution in [0.15, 0.2) is 0 Å². The van der Waals surface area contributed by atoms with Crippen molar-refractivity contribution < 1.29 is 19.7 Å². The van der Waals surface area contributed by atoms with Gasteiger partial charge in [0.1, 0.15) is 6.10 Å². The van der Waals surface area contributed by atoms with E-state index in [-0.39, 0.29) is 16.7 Å². The van der Waals surface area contributed by atoms with Crippen molar-refractivity contribution >= 4 is 17.1 Å². The van der Waals surface area contributed by atoms with E-state index in [4.69, 9.17) is 4.74 Å². The van der Waals surface area contributed by atoms with E-state index >= 15 is 0 Å². The highest BCUT2D eigenvalue weighted by Crippen LogP contribution is 2.38. The van der Waals surface area contributed by atoms with Gasteiger partial charge in [0.25, 0.3) is 0 Å². The van der Waals surface area contributed by atoms with Crippen molar-refractivity contribution in [1.82, 2.24) is 0 Å². The van der Waals surface area contributed by atoms with Gasteiger partial charge in [-0.2, -0.15) is 0 Å². The zero-order valence-electron chi connectivity index (χ0n) is 6.34. The maximum absolute atomic E-state index is 10.8. The number of hydrogen-bond donors (Lipinski definition) is 2.